The summed E-state index contributed by atoms with van der Waals surface area (Å²) in [4.78, 5) is 21.4. The fourth-order valence-corrected chi connectivity index (χ4v) is 2.42. The number of halogens is 3. The second-order valence-electron chi connectivity index (χ2n) is 3.14. The minimum atomic E-state index is -1.27. The average molecular weight is 445 g/mol. The molecule has 1 aromatic carbocycles. The van der Waals surface area contributed by atoms with Gasteiger partial charge in [-0.15, -0.1) is 0 Å². The number of rotatable bonds is 4. The molecule has 0 spiro atoms. The molecule has 18 heavy (non-hydrogen) atoms. The Morgan fingerprint density at radius 3 is 2.28 bits per heavy atom. The van der Waals surface area contributed by atoms with E-state index in [2.05, 4.69) is 57.8 Å². The van der Waals surface area contributed by atoms with Crippen molar-refractivity contribution >= 4 is 65.5 Å². The van der Waals surface area contributed by atoms with E-state index in [1.165, 1.54) is 0 Å². The van der Waals surface area contributed by atoms with E-state index in [0.29, 0.717) is 5.69 Å². The molecule has 0 bridgehead atoms. The van der Waals surface area contributed by atoms with Crippen molar-refractivity contribution in [1.29, 1.82) is 0 Å². The van der Waals surface area contributed by atoms with Crippen molar-refractivity contribution in [2.24, 2.45) is 0 Å². The van der Waals surface area contributed by atoms with Crippen LogP contribution in [0.5, 0.6) is 0 Å². The first-order valence-corrected chi connectivity index (χ1v) is 7.06. The van der Waals surface area contributed by atoms with E-state index in [1.54, 1.807) is 12.1 Å². The molecule has 0 fully saturated rings. The van der Waals surface area contributed by atoms with E-state index in [9.17, 15) is 14.7 Å². The number of nitrogens with one attached hydrogen (secondary N) is 1. The predicted octanol–water partition coefficient (Wildman–Crippen LogP) is 2.66. The van der Waals surface area contributed by atoms with Gasteiger partial charge in [0.25, 0.3) is 0 Å². The molecular weight excluding hydrogens is 438 g/mol. The van der Waals surface area contributed by atoms with Crippen LogP contribution in [-0.4, -0.2) is 18.7 Å². The summed E-state index contributed by atoms with van der Waals surface area (Å²) in [6.07, 6.45) is -1.06. The second kappa shape index (κ2) is 7.10. The number of anilines is 1. The maximum absolute atomic E-state index is 11.3. The number of amides is 1. The fraction of sp³-hybridized carbons (Fsp3) is 0.200. The third-order valence-corrected chi connectivity index (χ3v) is 4.94. The van der Waals surface area contributed by atoms with Crippen LogP contribution in [-0.2, 0) is 9.53 Å². The normalized spacial score (nSPS) is 9.94. The quantitative estimate of drug-likeness (QED) is 0.724. The maximum Gasteiger partial charge on any atom is 0.411 e. The van der Waals surface area contributed by atoms with Gasteiger partial charge < -0.3 is 14.6 Å². The molecule has 0 aliphatic heterocycles. The van der Waals surface area contributed by atoms with Crippen LogP contribution in [0.25, 0.3) is 0 Å². The molecule has 0 saturated carbocycles. The lowest BCUT2D eigenvalue weighted by molar-refractivity contribution is -0.306. The summed E-state index contributed by atoms with van der Waals surface area (Å²) in [5.41, 5.74) is 0.510. The highest BCUT2D eigenvalue weighted by atomic mass is 79.9. The molecule has 0 aromatic heterocycles. The summed E-state index contributed by atoms with van der Waals surface area (Å²) in [6.45, 7) is -0.229. The van der Waals surface area contributed by atoms with Gasteiger partial charge in [0.15, 0.2) is 0 Å². The summed E-state index contributed by atoms with van der Waals surface area (Å²) < 4.78 is 6.98. The Morgan fingerprint density at radius 1 is 1.22 bits per heavy atom. The monoisotopic (exact) mass is 442 g/mol. The molecule has 0 saturated heterocycles. The first-order chi connectivity index (χ1) is 8.40. The van der Waals surface area contributed by atoms with Gasteiger partial charge in [-0.3, -0.25) is 5.32 Å². The highest BCUT2D eigenvalue weighted by Gasteiger charge is 2.08. The first kappa shape index (κ1) is 15.5. The number of carbonyl (C=O) groups is 2. The van der Waals surface area contributed by atoms with Gasteiger partial charge in [0.05, 0.1) is 6.61 Å². The van der Waals surface area contributed by atoms with Crippen LogP contribution >= 0.6 is 47.8 Å². The van der Waals surface area contributed by atoms with Crippen molar-refractivity contribution in [1.82, 2.24) is 0 Å². The molecule has 0 unspecified atom stereocenters. The third kappa shape index (κ3) is 4.95. The molecule has 0 heterocycles. The van der Waals surface area contributed by atoms with Crippen molar-refractivity contribution in [3.63, 3.8) is 0 Å². The van der Waals surface area contributed by atoms with Crippen LogP contribution in [0.3, 0.4) is 0 Å². The molecule has 0 radical (unpaired) electrons. The molecule has 1 rings (SSSR count). The zero-order valence-corrected chi connectivity index (χ0v) is 13.6. The van der Waals surface area contributed by atoms with Crippen molar-refractivity contribution < 1.29 is 19.4 Å². The molecule has 0 aliphatic carbocycles. The van der Waals surface area contributed by atoms with Crippen LogP contribution in [0.2, 0.25) is 0 Å². The van der Waals surface area contributed by atoms with Gasteiger partial charge >= 0.3 is 6.09 Å². The summed E-state index contributed by atoms with van der Waals surface area (Å²) >= 11 is 9.93. The van der Waals surface area contributed by atoms with Crippen molar-refractivity contribution in [3.8, 4) is 0 Å². The highest BCUT2D eigenvalue weighted by Crippen LogP contribution is 2.34. The molecule has 1 aromatic rings. The Hall–Kier alpha value is -0.600. The van der Waals surface area contributed by atoms with Gasteiger partial charge in [0.1, 0.15) is 0 Å². The largest absolute Gasteiger partial charge is 0.550 e. The highest BCUT2D eigenvalue weighted by molar-refractivity contribution is 9.14. The Labute approximate surface area is 128 Å². The van der Waals surface area contributed by atoms with Crippen LogP contribution in [0, 0.1) is 0 Å². The molecule has 0 atom stereocenters. The molecule has 1 N–H and O–H groups in total. The lowest BCUT2D eigenvalue weighted by atomic mass is 10.3. The number of aliphatic carboxylic acids is 1. The van der Waals surface area contributed by atoms with Crippen LogP contribution in [0.15, 0.2) is 25.6 Å². The Morgan fingerprint density at radius 2 is 1.78 bits per heavy atom. The summed E-state index contributed by atoms with van der Waals surface area (Å²) in [5, 5.41) is 12.6. The summed E-state index contributed by atoms with van der Waals surface area (Å²) in [5.74, 6) is -1.27. The zero-order chi connectivity index (χ0) is 13.7. The van der Waals surface area contributed by atoms with Gasteiger partial charge in [0, 0.05) is 31.5 Å². The van der Waals surface area contributed by atoms with E-state index < -0.39 is 12.1 Å². The van der Waals surface area contributed by atoms with Crippen molar-refractivity contribution in [3.05, 3.63) is 25.6 Å². The number of hydrogen-bond acceptors (Lipinski definition) is 4. The van der Waals surface area contributed by atoms with Gasteiger partial charge in [-0.1, -0.05) is 0 Å². The van der Waals surface area contributed by atoms with Gasteiger partial charge in [-0.25, -0.2) is 4.79 Å². The predicted molar refractivity (Wildman–Crippen MR) is 74.1 cm³/mol. The van der Waals surface area contributed by atoms with Crippen molar-refractivity contribution in [2.75, 3.05) is 11.9 Å². The number of carboxylic acid groups (broad SMARTS) is 1. The molecule has 1 amide bonds. The molecule has 0 aliphatic rings. The second-order valence-corrected chi connectivity index (χ2v) is 5.64. The SMILES string of the molecule is O=C([O-])CCOC(=O)Nc1cc(Br)c(Br)c(Br)c1. The van der Waals surface area contributed by atoms with E-state index in [4.69, 9.17) is 0 Å². The number of benzene rings is 1. The smallest absolute Gasteiger partial charge is 0.411 e. The van der Waals surface area contributed by atoms with E-state index in [1.807, 2.05) is 0 Å². The van der Waals surface area contributed by atoms with Crippen LogP contribution in [0.1, 0.15) is 6.42 Å². The Balaban J connectivity index is 2.57. The van der Waals surface area contributed by atoms with Crippen molar-refractivity contribution in [2.45, 2.75) is 6.42 Å². The number of ether oxygens (including phenoxy) is 1. The Kier molecular flexibility index (Phi) is 6.10. The topological polar surface area (TPSA) is 78.5 Å². The number of carbonyl (C=O) groups excluding carboxylic acids is 2. The van der Waals surface area contributed by atoms with E-state index in [-0.39, 0.29) is 13.0 Å². The van der Waals surface area contributed by atoms with E-state index in [0.717, 1.165) is 13.4 Å². The standard InChI is InChI=1S/C10H8Br3NO4/c11-6-3-5(4-7(12)9(6)13)14-10(17)18-2-1-8(15)16/h3-4H,1-2H2,(H,14,17)(H,15,16)/p-1. The molecular formula is C10H7Br3NO4-. The third-order valence-electron chi connectivity index (χ3n) is 1.77. The maximum atomic E-state index is 11.3. The first-order valence-electron chi connectivity index (χ1n) is 4.68. The Bertz CT molecular complexity index is 455. The lowest BCUT2D eigenvalue weighted by Gasteiger charge is -2.09. The van der Waals surface area contributed by atoms with Crippen LogP contribution in [0.4, 0.5) is 10.5 Å². The molecule has 8 heteroatoms. The fourth-order valence-electron chi connectivity index (χ4n) is 1.01. The van der Waals surface area contributed by atoms with Gasteiger partial charge in [-0.2, -0.15) is 0 Å². The van der Waals surface area contributed by atoms with Gasteiger partial charge in [-0.05, 0) is 59.9 Å². The molecule has 98 valence electrons. The van der Waals surface area contributed by atoms with Crippen LogP contribution < -0.4 is 10.4 Å². The minimum Gasteiger partial charge on any atom is -0.550 e. The minimum absolute atomic E-state index is 0.229. The summed E-state index contributed by atoms with van der Waals surface area (Å²) in [7, 11) is 0. The van der Waals surface area contributed by atoms with Gasteiger partial charge in [0.2, 0.25) is 0 Å². The molecule has 5 nitrogen and oxygen atoms in total. The van der Waals surface area contributed by atoms with E-state index >= 15 is 0 Å². The zero-order valence-electron chi connectivity index (χ0n) is 8.84. The lowest BCUT2D eigenvalue weighted by Crippen LogP contribution is -2.25. The summed E-state index contributed by atoms with van der Waals surface area (Å²) in [6, 6.07) is 3.35. The number of carboxylic acids is 1. The number of hydrogen-bond donors (Lipinski definition) is 1. The average Bonchev–Trinajstić information content (AvgIpc) is 2.25.